The van der Waals surface area contributed by atoms with Gasteiger partial charge in [0.1, 0.15) is 11.8 Å². The van der Waals surface area contributed by atoms with Crippen molar-refractivity contribution >= 4 is 29.3 Å². The first-order chi connectivity index (χ1) is 17.0. The maximum absolute atomic E-state index is 13.6. The number of amides is 1. The van der Waals surface area contributed by atoms with Crippen LogP contribution in [0.15, 0.2) is 65.0 Å². The topological polar surface area (TPSA) is 81.1 Å². The molecule has 1 unspecified atom stereocenters. The number of hydrogen-bond donors (Lipinski definition) is 2. The fraction of sp³-hybridized carbons (Fsp3) is 0.370. The zero-order valence-corrected chi connectivity index (χ0v) is 21.6. The fourth-order valence-corrected chi connectivity index (χ4v) is 4.90. The fourth-order valence-electron chi connectivity index (χ4n) is 3.99. The highest BCUT2D eigenvalue weighted by molar-refractivity contribution is 7.99. The Hall–Kier alpha value is -3.26. The van der Waals surface area contributed by atoms with Crippen molar-refractivity contribution in [2.75, 3.05) is 23.0 Å². The number of ether oxygens (including phenoxy) is 1. The number of thioether (sulfide) groups is 1. The molecule has 1 aliphatic heterocycles. The van der Waals surface area contributed by atoms with Gasteiger partial charge in [0.25, 0.3) is 5.91 Å². The second-order valence-corrected chi connectivity index (χ2v) is 9.73. The minimum atomic E-state index is -0.413. The van der Waals surface area contributed by atoms with Crippen LogP contribution in [0.25, 0.3) is 0 Å². The zero-order chi connectivity index (χ0) is 24.8. The van der Waals surface area contributed by atoms with E-state index in [-0.39, 0.29) is 5.91 Å². The monoisotopic (exact) mass is 491 g/mol. The minimum absolute atomic E-state index is 0.168. The summed E-state index contributed by atoms with van der Waals surface area (Å²) in [6, 6.07) is 15.3. The lowest BCUT2D eigenvalue weighted by molar-refractivity contribution is -0.113. The Kier molecular flexibility index (Phi) is 8.13. The Bertz CT molecular complexity index is 1200. The quantitative estimate of drug-likeness (QED) is 0.260. The molecule has 35 heavy (non-hydrogen) atoms. The molecule has 0 spiro atoms. The molecule has 1 aliphatic rings. The normalized spacial score (nSPS) is 14.9. The molecule has 2 heterocycles. The summed E-state index contributed by atoms with van der Waals surface area (Å²) in [6.45, 7) is 8.84. The summed E-state index contributed by atoms with van der Waals surface area (Å²) in [6.07, 6.45) is 3.17. The Morgan fingerprint density at radius 3 is 2.66 bits per heavy atom. The number of fused-ring (bicyclic) bond motifs is 1. The van der Waals surface area contributed by atoms with Gasteiger partial charge in [0.15, 0.2) is 0 Å². The van der Waals surface area contributed by atoms with Crippen molar-refractivity contribution in [2.45, 2.75) is 58.2 Å². The number of nitrogens with zero attached hydrogens (tertiary/aromatic N) is 3. The minimum Gasteiger partial charge on any atom is -0.494 e. The van der Waals surface area contributed by atoms with Crippen molar-refractivity contribution in [3.63, 3.8) is 0 Å². The van der Waals surface area contributed by atoms with E-state index in [0.29, 0.717) is 23.3 Å². The molecular formula is C27H33N5O2S. The molecule has 1 amide bonds. The van der Waals surface area contributed by atoms with Crippen molar-refractivity contribution in [2.24, 2.45) is 0 Å². The van der Waals surface area contributed by atoms with E-state index >= 15 is 0 Å². The predicted molar refractivity (Wildman–Crippen MR) is 142 cm³/mol. The lowest BCUT2D eigenvalue weighted by Crippen LogP contribution is -2.31. The molecule has 1 aromatic heterocycles. The van der Waals surface area contributed by atoms with Crippen LogP contribution in [-0.2, 0) is 4.79 Å². The molecule has 1 atom stereocenters. The summed E-state index contributed by atoms with van der Waals surface area (Å²) in [7, 11) is 0. The lowest BCUT2D eigenvalue weighted by Gasteiger charge is -2.28. The number of rotatable bonds is 10. The molecule has 0 fully saturated rings. The summed E-state index contributed by atoms with van der Waals surface area (Å²) >= 11 is 1.64. The molecule has 2 aromatic carbocycles. The Labute approximate surface area is 211 Å². The van der Waals surface area contributed by atoms with Gasteiger partial charge in [0.2, 0.25) is 11.1 Å². The van der Waals surface area contributed by atoms with Crippen molar-refractivity contribution in [3.8, 4) is 5.75 Å². The third kappa shape index (κ3) is 5.88. The Morgan fingerprint density at radius 2 is 1.94 bits per heavy atom. The van der Waals surface area contributed by atoms with Gasteiger partial charge in [-0.3, -0.25) is 4.79 Å². The van der Waals surface area contributed by atoms with E-state index in [9.17, 15) is 4.79 Å². The first-order valence-corrected chi connectivity index (χ1v) is 13.2. The van der Waals surface area contributed by atoms with E-state index in [1.54, 1.807) is 11.8 Å². The first-order valence-electron chi connectivity index (χ1n) is 12.2. The number of nitrogens with one attached hydrogen (secondary N) is 2. The molecule has 3 aromatic rings. The van der Waals surface area contributed by atoms with Gasteiger partial charge >= 0.3 is 0 Å². The molecule has 184 valence electrons. The van der Waals surface area contributed by atoms with Gasteiger partial charge in [-0.25, -0.2) is 4.68 Å². The first kappa shape index (κ1) is 24.9. The molecule has 0 aliphatic carbocycles. The Morgan fingerprint density at radius 1 is 1.14 bits per heavy atom. The highest BCUT2D eigenvalue weighted by Gasteiger charge is 2.34. The van der Waals surface area contributed by atoms with Crippen molar-refractivity contribution in [1.29, 1.82) is 0 Å². The second-order valence-electron chi connectivity index (χ2n) is 8.67. The van der Waals surface area contributed by atoms with E-state index in [1.165, 1.54) is 0 Å². The highest BCUT2D eigenvalue weighted by Crippen LogP contribution is 2.37. The SMILES string of the molecule is CCCCSc1nc2n(n1)C(c1ccc(OCCC)cc1)C(C(=O)Nc1cccc(C)c1)=C(C)N2. The van der Waals surface area contributed by atoms with Crippen LogP contribution in [0.3, 0.4) is 0 Å². The predicted octanol–water partition coefficient (Wildman–Crippen LogP) is 6.20. The number of aromatic nitrogens is 3. The molecule has 7 nitrogen and oxygen atoms in total. The standard InChI is InChI=1S/C27H33N5O2S/c1-5-7-16-35-27-30-26-28-19(4)23(25(33)29-21-10-8-9-18(3)17-21)24(32(26)31-27)20-11-13-22(14-12-20)34-15-6-2/h8-14,17,24H,5-7,15-16H2,1-4H3,(H,29,33)(H,28,30,31). The molecule has 2 N–H and O–H groups in total. The molecule has 0 saturated carbocycles. The van der Waals surface area contributed by atoms with Crippen molar-refractivity contribution in [1.82, 2.24) is 14.8 Å². The van der Waals surface area contributed by atoms with Crippen molar-refractivity contribution in [3.05, 3.63) is 70.9 Å². The van der Waals surface area contributed by atoms with Crippen LogP contribution in [-0.4, -0.2) is 33.0 Å². The van der Waals surface area contributed by atoms with Gasteiger partial charge in [-0.15, -0.1) is 5.10 Å². The van der Waals surface area contributed by atoms with Crippen LogP contribution in [0.4, 0.5) is 11.6 Å². The number of aryl methyl sites for hydroxylation is 1. The number of hydrogen-bond acceptors (Lipinski definition) is 6. The number of carbonyl (C=O) groups excluding carboxylic acids is 1. The van der Waals surface area contributed by atoms with Gasteiger partial charge in [-0.05, 0) is 62.1 Å². The summed E-state index contributed by atoms with van der Waals surface area (Å²) in [5, 5.41) is 11.9. The smallest absolute Gasteiger partial charge is 0.255 e. The van der Waals surface area contributed by atoms with Crippen molar-refractivity contribution < 1.29 is 9.53 Å². The van der Waals surface area contributed by atoms with E-state index in [0.717, 1.165) is 53.3 Å². The van der Waals surface area contributed by atoms with Crippen LogP contribution in [0.5, 0.6) is 5.75 Å². The molecule has 0 radical (unpaired) electrons. The van der Waals surface area contributed by atoms with Gasteiger partial charge in [0.05, 0.1) is 12.2 Å². The third-order valence-electron chi connectivity index (χ3n) is 5.75. The van der Waals surface area contributed by atoms with Crippen LogP contribution in [0.2, 0.25) is 0 Å². The highest BCUT2D eigenvalue weighted by atomic mass is 32.2. The molecule has 0 saturated heterocycles. The van der Waals surface area contributed by atoms with Gasteiger partial charge < -0.3 is 15.4 Å². The van der Waals surface area contributed by atoms with Crippen LogP contribution in [0, 0.1) is 6.92 Å². The number of benzene rings is 2. The number of allylic oxidation sites excluding steroid dienone is 1. The maximum atomic E-state index is 13.6. The van der Waals surface area contributed by atoms with Gasteiger partial charge in [-0.1, -0.05) is 56.3 Å². The molecular weight excluding hydrogens is 458 g/mol. The molecule has 8 heteroatoms. The van der Waals surface area contributed by atoms with Crippen LogP contribution < -0.4 is 15.4 Å². The lowest BCUT2D eigenvalue weighted by atomic mass is 9.95. The van der Waals surface area contributed by atoms with E-state index in [1.807, 2.05) is 67.1 Å². The van der Waals surface area contributed by atoms with E-state index in [4.69, 9.17) is 14.8 Å². The summed E-state index contributed by atoms with van der Waals surface area (Å²) in [5.74, 6) is 2.25. The second kappa shape index (κ2) is 11.4. The van der Waals surface area contributed by atoms with Crippen LogP contribution >= 0.6 is 11.8 Å². The largest absolute Gasteiger partial charge is 0.494 e. The summed E-state index contributed by atoms with van der Waals surface area (Å²) in [5.41, 5.74) is 4.16. The molecule has 0 bridgehead atoms. The van der Waals surface area contributed by atoms with Gasteiger partial charge in [-0.2, -0.15) is 4.98 Å². The summed E-state index contributed by atoms with van der Waals surface area (Å²) in [4.78, 5) is 18.3. The van der Waals surface area contributed by atoms with Crippen LogP contribution in [0.1, 0.15) is 57.2 Å². The third-order valence-corrected chi connectivity index (χ3v) is 6.68. The zero-order valence-electron chi connectivity index (χ0n) is 20.8. The van der Waals surface area contributed by atoms with E-state index < -0.39 is 6.04 Å². The Balaban J connectivity index is 1.70. The molecule has 4 rings (SSSR count). The van der Waals surface area contributed by atoms with E-state index in [2.05, 4.69) is 24.5 Å². The maximum Gasteiger partial charge on any atom is 0.255 e. The average Bonchev–Trinajstić information content (AvgIpc) is 3.24. The summed E-state index contributed by atoms with van der Waals surface area (Å²) < 4.78 is 7.60. The number of carbonyl (C=O) groups is 1. The number of unbranched alkanes of at least 4 members (excludes halogenated alkanes) is 1. The average molecular weight is 492 g/mol. The number of anilines is 2. The van der Waals surface area contributed by atoms with Gasteiger partial charge in [0, 0.05) is 17.1 Å².